The van der Waals surface area contributed by atoms with E-state index in [0.29, 0.717) is 0 Å². The molecule has 3 aromatic rings. The number of pyridine rings is 1. The quantitative estimate of drug-likeness (QED) is 0.709. The summed E-state index contributed by atoms with van der Waals surface area (Å²) in [4.78, 5) is 7.71. The lowest BCUT2D eigenvalue weighted by atomic mass is 9.99. The van der Waals surface area contributed by atoms with Crippen LogP contribution in [0, 0.1) is 0 Å². The number of hydrogen-bond acceptors (Lipinski definition) is 3. The Morgan fingerprint density at radius 3 is 2.96 bits per heavy atom. The van der Waals surface area contributed by atoms with Crippen molar-refractivity contribution in [3.8, 4) is 5.75 Å². The second kappa shape index (κ2) is 7.05. The van der Waals surface area contributed by atoms with Crippen LogP contribution in [0.15, 0.2) is 42.7 Å². The van der Waals surface area contributed by atoms with Crippen LogP contribution in [0.1, 0.15) is 23.2 Å². The molecule has 0 amide bonds. The molecule has 0 bridgehead atoms. The molecule has 2 aromatic heterocycles. The summed E-state index contributed by atoms with van der Waals surface area (Å²) >= 11 is 0. The number of rotatable bonds is 5. The molecule has 1 aliphatic rings. The topological polar surface area (TPSA) is 49.9 Å². The third kappa shape index (κ3) is 3.15. The van der Waals surface area contributed by atoms with Gasteiger partial charge in [-0.05, 0) is 55.1 Å². The van der Waals surface area contributed by atoms with Gasteiger partial charge in [-0.25, -0.2) is 0 Å². The number of aromatic nitrogens is 2. The van der Waals surface area contributed by atoms with Crippen LogP contribution in [0.2, 0.25) is 0 Å². The van der Waals surface area contributed by atoms with Crippen LogP contribution in [-0.2, 0) is 19.3 Å². The van der Waals surface area contributed by atoms with Crippen molar-refractivity contribution in [1.29, 1.82) is 0 Å². The average molecular weight is 321 g/mol. The molecule has 0 radical (unpaired) electrons. The summed E-state index contributed by atoms with van der Waals surface area (Å²) in [5.74, 6) is 0.845. The predicted molar refractivity (Wildman–Crippen MR) is 96.6 cm³/mol. The van der Waals surface area contributed by atoms with E-state index in [-0.39, 0.29) is 0 Å². The zero-order valence-electron chi connectivity index (χ0n) is 13.8. The fourth-order valence-electron chi connectivity index (χ4n) is 3.58. The number of nitrogens with one attached hydrogen (secondary N) is 2. The highest BCUT2D eigenvalue weighted by Crippen LogP contribution is 2.28. The van der Waals surface area contributed by atoms with Gasteiger partial charge in [0.2, 0.25) is 0 Å². The van der Waals surface area contributed by atoms with Crippen LogP contribution in [-0.4, -0.2) is 29.7 Å². The van der Waals surface area contributed by atoms with E-state index in [1.807, 2.05) is 12.1 Å². The van der Waals surface area contributed by atoms with Crippen molar-refractivity contribution in [1.82, 2.24) is 15.3 Å². The molecule has 0 fully saturated rings. The van der Waals surface area contributed by atoms with E-state index in [9.17, 15) is 0 Å². The van der Waals surface area contributed by atoms with Crippen molar-refractivity contribution < 1.29 is 4.74 Å². The molecule has 4 rings (SSSR count). The average Bonchev–Trinajstić information content (AvgIpc) is 2.82. The lowest BCUT2D eigenvalue weighted by Crippen LogP contribution is -2.16. The third-order valence-electron chi connectivity index (χ3n) is 4.70. The van der Waals surface area contributed by atoms with Crippen LogP contribution in [0.3, 0.4) is 0 Å². The number of fused-ring (bicyclic) bond motifs is 3. The summed E-state index contributed by atoms with van der Waals surface area (Å²) in [5.41, 5.74) is 5.64. The van der Waals surface area contributed by atoms with Gasteiger partial charge in [-0.3, -0.25) is 4.98 Å². The molecule has 0 saturated carbocycles. The minimum absolute atomic E-state index is 0.719. The molecular formula is C20H23N3O. The second-order valence-electron chi connectivity index (χ2n) is 6.31. The smallest absolute Gasteiger partial charge is 0.137 e. The molecule has 124 valence electrons. The Balaban J connectivity index is 1.48. The van der Waals surface area contributed by atoms with Crippen LogP contribution in [0.4, 0.5) is 0 Å². The maximum absolute atomic E-state index is 5.77. The molecule has 3 heterocycles. The number of ether oxygens (including phenoxy) is 1. The monoisotopic (exact) mass is 321 g/mol. The highest BCUT2D eigenvalue weighted by atomic mass is 16.5. The number of aromatic amines is 1. The summed E-state index contributed by atoms with van der Waals surface area (Å²) in [5, 5.41) is 4.93. The zero-order valence-corrected chi connectivity index (χ0v) is 13.8. The lowest BCUT2D eigenvalue weighted by molar-refractivity contribution is 0.310. The molecule has 0 saturated heterocycles. The Kier molecular flexibility index (Phi) is 4.47. The second-order valence-corrected chi connectivity index (χ2v) is 6.31. The van der Waals surface area contributed by atoms with Gasteiger partial charge in [0.15, 0.2) is 0 Å². The summed E-state index contributed by atoms with van der Waals surface area (Å²) in [6.07, 6.45) is 7.77. The number of H-pyrrole nitrogens is 1. The molecule has 2 N–H and O–H groups in total. The van der Waals surface area contributed by atoms with Crippen LogP contribution >= 0.6 is 0 Å². The van der Waals surface area contributed by atoms with Gasteiger partial charge in [-0.1, -0.05) is 12.1 Å². The Bertz CT molecular complexity index is 810. The fraction of sp³-hybridized carbons (Fsp3) is 0.350. The highest BCUT2D eigenvalue weighted by molar-refractivity contribution is 5.88. The van der Waals surface area contributed by atoms with Crippen molar-refractivity contribution in [2.24, 2.45) is 0 Å². The Hall–Kier alpha value is -2.33. The van der Waals surface area contributed by atoms with Gasteiger partial charge < -0.3 is 15.0 Å². The number of benzene rings is 1. The first kappa shape index (κ1) is 15.2. The highest BCUT2D eigenvalue weighted by Gasteiger charge is 2.16. The third-order valence-corrected chi connectivity index (χ3v) is 4.70. The van der Waals surface area contributed by atoms with E-state index >= 15 is 0 Å². The van der Waals surface area contributed by atoms with Gasteiger partial charge in [0.1, 0.15) is 5.75 Å². The van der Waals surface area contributed by atoms with Gasteiger partial charge in [0, 0.05) is 35.8 Å². The summed E-state index contributed by atoms with van der Waals surface area (Å²) in [6.45, 7) is 2.85. The maximum Gasteiger partial charge on any atom is 0.137 e. The fourth-order valence-corrected chi connectivity index (χ4v) is 3.58. The predicted octanol–water partition coefficient (Wildman–Crippen LogP) is 3.26. The van der Waals surface area contributed by atoms with Crippen LogP contribution in [0.25, 0.3) is 10.9 Å². The Morgan fingerprint density at radius 1 is 1.08 bits per heavy atom. The molecule has 0 unspecified atom stereocenters. The number of nitrogens with zero attached hydrogens (tertiary/aromatic N) is 1. The molecular weight excluding hydrogens is 298 g/mol. The van der Waals surface area contributed by atoms with Gasteiger partial charge in [0.05, 0.1) is 12.8 Å². The molecule has 1 aliphatic heterocycles. The molecule has 4 nitrogen and oxygen atoms in total. The minimum atomic E-state index is 0.719. The molecule has 0 atom stereocenters. The van der Waals surface area contributed by atoms with E-state index in [1.54, 1.807) is 12.4 Å². The standard InChI is InChI=1S/C20H23N3O/c1-4-15(5-3-13-24-16-6-2-10-22-14-16)20-17-8-11-21-12-9-18(17)23-19(20)7-1/h1-2,4,6-7,10,14,21,23H,3,5,8-9,11-13H2. The first-order valence-corrected chi connectivity index (χ1v) is 8.76. The van der Waals surface area contributed by atoms with E-state index in [1.165, 1.54) is 27.7 Å². The minimum Gasteiger partial charge on any atom is -0.492 e. The van der Waals surface area contributed by atoms with Crippen molar-refractivity contribution in [2.45, 2.75) is 25.7 Å². The molecule has 0 aliphatic carbocycles. The summed E-state index contributed by atoms with van der Waals surface area (Å²) in [7, 11) is 0. The summed E-state index contributed by atoms with van der Waals surface area (Å²) < 4.78 is 5.77. The lowest BCUT2D eigenvalue weighted by Gasteiger charge is -2.08. The van der Waals surface area contributed by atoms with Crippen LogP contribution < -0.4 is 10.1 Å². The molecule has 1 aromatic carbocycles. The van der Waals surface area contributed by atoms with Crippen molar-refractivity contribution in [3.63, 3.8) is 0 Å². The van der Waals surface area contributed by atoms with Gasteiger partial charge >= 0.3 is 0 Å². The van der Waals surface area contributed by atoms with Gasteiger partial charge in [0.25, 0.3) is 0 Å². The van der Waals surface area contributed by atoms with E-state index < -0.39 is 0 Å². The first-order chi connectivity index (χ1) is 11.9. The Labute approximate surface area is 142 Å². The molecule has 24 heavy (non-hydrogen) atoms. The molecule has 0 spiro atoms. The van der Waals surface area contributed by atoms with E-state index in [0.717, 1.165) is 51.1 Å². The van der Waals surface area contributed by atoms with E-state index in [4.69, 9.17) is 4.74 Å². The van der Waals surface area contributed by atoms with Gasteiger partial charge in [-0.15, -0.1) is 0 Å². The van der Waals surface area contributed by atoms with Crippen molar-refractivity contribution in [2.75, 3.05) is 19.7 Å². The normalized spacial score (nSPS) is 14.3. The number of hydrogen-bond donors (Lipinski definition) is 2. The van der Waals surface area contributed by atoms with Crippen LogP contribution in [0.5, 0.6) is 5.75 Å². The summed E-state index contributed by atoms with van der Waals surface area (Å²) in [6, 6.07) is 10.5. The number of aryl methyl sites for hydroxylation is 1. The zero-order chi connectivity index (χ0) is 16.2. The maximum atomic E-state index is 5.77. The first-order valence-electron chi connectivity index (χ1n) is 8.76. The van der Waals surface area contributed by atoms with E-state index in [2.05, 4.69) is 33.5 Å². The molecule has 4 heteroatoms. The van der Waals surface area contributed by atoms with Gasteiger partial charge in [-0.2, -0.15) is 0 Å². The largest absolute Gasteiger partial charge is 0.492 e. The Morgan fingerprint density at radius 2 is 2.04 bits per heavy atom. The van der Waals surface area contributed by atoms with Crippen molar-refractivity contribution in [3.05, 3.63) is 59.5 Å². The van der Waals surface area contributed by atoms with Crippen molar-refractivity contribution >= 4 is 10.9 Å². The SMILES string of the molecule is c1cncc(OCCCc2cccc3[nH]c4c(c23)CCNCC4)c1.